The fourth-order valence-corrected chi connectivity index (χ4v) is 3.92. The first-order valence-corrected chi connectivity index (χ1v) is 11.8. The molecule has 0 heterocycles. The molecule has 1 fully saturated rings. The number of nitrogens with one attached hydrogen (secondary N) is 2. The normalized spacial score (nSPS) is 17.4. The molecule has 2 unspecified atom stereocenters. The molecule has 4 N–H and O–H groups in total. The highest BCUT2D eigenvalue weighted by Crippen LogP contribution is 2.39. The molecule has 0 bridgehead atoms. The van der Waals surface area contributed by atoms with Crippen LogP contribution in [-0.4, -0.2) is 30.5 Å². The van der Waals surface area contributed by atoms with Gasteiger partial charge < -0.3 is 21.1 Å². The lowest BCUT2D eigenvalue weighted by Gasteiger charge is -2.19. The van der Waals surface area contributed by atoms with Crippen LogP contribution in [0.2, 0.25) is 0 Å². The summed E-state index contributed by atoms with van der Waals surface area (Å²) < 4.78 is 5.92. The van der Waals surface area contributed by atoms with Crippen molar-refractivity contribution in [3.8, 4) is 5.75 Å². The Morgan fingerprint density at radius 1 is 0.971 bits per heavy atom. The quantitative estimate of drug-likeness (QED) is 0.382. The van der Waals surface area contributed by atoms with Gasteiger partial charge in [-0.15, -0.1) is 0 Å². The molecule has 3 atom stereocenters. The molecular weight excluding hydrogens is 426 g/mol. The first kappa shape index (κ1) is 23.5. The van der Waals surface area contributed by atoms with Gasteiger partial charge in [0, 0.05) is 24.1 Å². The number of benzene rings is 3. The number of carbonyl (C=O) groups excluding carboxylic acids is 2. The maximum Gasteiger partial charge on any atom is 0.251 e. The van der Waals surface area contributed by atoms with Crippen LogP contribution in [0, 0.1) is 0 Å². The number of hydrogen-bond acceptors (Lipinski definition) is 4. The molecule has 1 aliphatic rings. The highest BCUT2D eigenvalue weighted by atomic mass is 16.5. The fraction of sp³-hybridized carbons (Fsp3) is 0.286. The van der Waals surface area contributed by atoms with Gasteiger partial charge in [-0.05, 0) is 54.7 Å². The molecule has 6 nitrogen and oxygen atoms in total. The van der Waals surface area contributed by atoms with Crippen LogP contribution in [0.25, 0.3) is 0 Å². The van der Waals surface area contributed by atoms with Crippen LogP contribution in [0.15, 0.2) is 84.9 Å². The SMILES string of the molecule is NC1CC1c1cccc(OCCC[C@H](NC(=O)c2ccccc2)C(=O)NCc2ccccc2)c1. The summed E-state index contributed by atoms with van der Waals surface area (Å²) in [5.74, 6) is 0.747. The van der Waals surface area contributed by atoms with E-state index in [9.17, 15) is 9.59 Å². The van der Waals surface area contributed by atoms with E-state index in [1.54, 1.807) is 24.3 Å². The second kappa shape index (κ2) is 11.5. The molecule has 6 heteroatoms. The van der Waals surface area contributed by atoms with E-state index >= 15 is 0 Å². The van der Waals surface area contributed by atoms with Crippen LogP contribution in [0.5, 0.6) is 5.75 Å². The Balaban J connectivity index is 1.32. The zero-order valence-electron chi connectivity index (χ0n) is 19.2. The summed E-state index contributed by atoms with van der Waals surface area (Å²) in [6.07, 6.45) is 2.10. The van der Waals surface area contributed by atoms with Crippen molar-refractivity contribution in [1.82, 2.24) is 10.6 Å². The van der Waals surface area contributed by atoms with Gasteiger partial charge in [0.05, 0.1) is 6.61 Å². The maximum atomic E-state index is 12.9. The maximum absolute atomic E-state index is 12.9. The molecule has 0 aromatic heterocycles. The van der Waals surface area contributed by atoms with Crippen LogP contribution >= 0.6 is 0 Å². The highest BCUT2D eigenvalue weighted by molar-refractivity contribution is 5.97. The van der Waals surface area contributed by atoms with Crippen LogP contribution in [0.3, 0.4) is 0 Å². The molecule has 0 aliphatic heterocycles. The third kappa shape index (κ3) is 6.68. The summed E-state index contributed by atoms with van der Waals surface area (Å²) in [5, 5.41) is 5.82. The smallest absolute Gasteiger partial charge is 0.251 e. The van der Waals surface area contributed by atoms with E-state index in [-0.39, 0.29) is 17.9 Å². The van der Waals surface area contributed by atoms with Crippen molar-refractivity contribution in [3.05, 3.63) is 102 Å². The van der Waals surface area contributed by atoms with Crippen molar-refractivity contribution in [2.45, 2.75) is 43.8 Å². The Hall–Kier alpha value is -3.64. The second-order valence-electron chi connectivity index (χ2n) is 8.66. The van der Waals surface area contributed by atoms with E-state index in [2.05, 4.69) is 16.7 Å². The fourth-order valence-electron chi connectivity index (χ4n) is 3.92. The Kier molecular flexibility index (Phi) is 7.94. The minimum absolute atomic E-state index is 0.210. The van der Waals surface area contributed by atoms with Crippen molar-refractivity contribution in [2.75, 3.05) is 6.61 Å². The van der Waals surface area contributed by atoms with E-state index in [4.69, 9.17) is 10.5 Å². The van der Waals surface area contributed by atoms with E-state index in [1.165, 1.54) is 5.56 Å². The van der Waals surface area contributed by atoms with Gasteiger partial charge in [0.15, 0.2) is 0 Å². The Bertz CT molecular complexity index is 1090. The third-order valence-electron chi connectivity index (χ3n) is 6.00. The molecule has 176 valence electrons. The predicted octanol–water partition coefficient (Wildman–Crippen LogP) is 3.78. The lowest BCUT2D eigenvalue weighted by Crippen LogP contribution is -2.46. The van der Waals surface area contributed by atoms with Gasteiger partial charge in [0.1, 0.15) is 11.8 Å². The largest absolute Gasteiger partial charge is 0.494 e. The van der Waals surface area contributed by atoms with E-state index < -0.39 is 6.04 Å². The highest BCUT2D eigenvalue weighted by Gasteiger charge is 2.34. The molecule has 2 amide bonds. The third-order valence-corrected chi connectivity index (χ3v) is 6.00. The molecule has 4 rings (SSSR count). The summed E-state index contributed by atoms with van der Waals surface area (Å²) >= 11 is 0. The van der Waals surface area contributed by atoms with Crippen LogP contribution < -0.4 is 21.1 Å². The van der Waals surface area contributed by atoms with Gasteiger partial charge in [0.25, 0.3) is 5.91 Å². The molecule has 0 spiro atoms. The first-order chi connectivity index (χ1) is 16.6. The van der Waals surface area contributed by atoms with Crippen molar-refractivity contribution >= 4 is 11.8 Å². The molecule has 1 saturated carbocycles. The van der Waals surface area contributed by atoms with Crippen LogP contribution in [-0.2, 0) is 11.3 Å². The number of carbonyl (C=O) groups is 2. The number of hydrogen-bond donors (Lipinski definition) is 3. The summed E-state index contributed by atoms with van der Waals surface area (Å²) in [4.78, 5) is 25.6. The molecule has 34 heavy (non-hydrogen) atoms. The summed E-state index contributed by atoms with van der Waals surface area (Å²) in [6, 6.07) is 26.2. The van der Waals surface area contributed by atoms with Crippen LogP contribution in [0.4, 0.5) is 0 Å². The molecular formula is C28H31N3O3. The summed E-state index contributed by atoms with van der Waals surface area (Å²) in [6.45, 7) is 0.855. The molecule has 0 radical (unpaired) electrons. The zero-order valence-corrected chi connectivity index (χ0v) is 19.2. The number of ether oxygens (including phenoxy) is 1. The van der Waals surface area contributed by atoms with E-state index in [0.717, 1.165) is 17.7 Å². The summed E-state index contributed by atoms with van der Waals surface area (Å²) in [5.41, 5.74) is 8.69. The minimum Gasteiger partial charge on any atom is -0.494 e. The second-order valence-corrected chi connectivity index (χ2v) is 8.66. The monoisotopic (exact) mass is 457 g/mol. The Morgan fingerprint density at radius 3 is 2.38 bits per heavy atom. The minimum atomic E-state index is -0.657. The number of nitrogens with two attached hydrogens (primary N) is 1. The first-order valence-electron chi connectivity index (χ1n) is 11.8. The molecule has 3 aromatic rings. The lowest BCUT2D eigenvalue weighted by molar-refractivity contribution is -0.123. The van der Waals surface area contributed by atoms with Crippen molar-refractivity contribution in [2.24, 2.45) is 5.73 Å². The topological polar surface area (TPSA) is 93.4 Å². The average Bonchev–Trinajstić information content (AvgIpc) is 3.62. The van der Waals surface area contributed by atoms with Gasteiger partial charge in [-0.3, -0.25) is 9.59 Å². The van der Waals surface area contributed by atoms with Crippen molar-refractivity contribution in [1.29, 1.82) is 0 Å². The van der Waals surface area contributed by atoms with Gasteiger partial charge in [-0.1, -0.05) is 60.7 Å². The average molecular weight is 458 g/mol. The number of rotatable bonds is 11. The zero-order chi connectivity index (χ0) is 23.8. The Morgan fingerprint density at radius 2 is 1.68 bits per heavy atom. The van der Waals surface area contributed by atoms with Gasteiger partial charge >= 0.3 is 0 Å². The molecule has 3 aromatic carbocycles. The predicted molar refractivity (Wildman–Crippen MR) is 132 cm³/mol. The van der Waals surface area contributed by atoms with Gasteiger partial charge in [-0.25, -0.2) is 0 Å². The van der Waals surface area contributed by atoms with E-state index in [1.807, 2.05) is 54.6 Å². The van der Waals surface area contributed by atoms with Crippen molar-refractivity contribution in [3.63, 3.8) is 0 Å². The standard InChI is InChI=1S/C28H31N3O3/c29-25-18-24(25)22-13-7-14-23(17-22)34-16-8-15-26(31-27(32)21-11-5-2-6-12-21)28(33)30-19-20-9-3-1-4-10-20/h1-7,9-14,17,24-26H,8,15-16,18-19,29H2,(H,30,33)(H,31,32)/t24?,25?,26-/m0/s1. The lowest BCUT2D eigenvalue weighted by atomic mass is 10.1. The van der Waals surface area contributed by atoms with Crippen LogP contribution in [0.1, 0.15) is 46.7 Å². The molecule has 1 aliphatic carbocycles. The molecule has 0 saturated heterocycles. The van der Waals surface area contributed by atoms with Gasteiger partial charge in [0.2, 0.25) is 5.91 Å². The Labute approximate surface area is 200 Å². The van der Waals surface area contributed by atoms with Crippen molar-refractivity contribution < 1.29 is 14.3 Å². The van der Waals surface area contributed by atoms with E-state index in [0.29, 0.717) is 37.5 Å². The summed E-state index contributed by atoms with van der Waals surface area (Å²) in [7, 11) is 0. The van der Waals surface area contributed by atoms with Gasteiger partial charge in [-0.2, -0.15) is 0 Å². The number of amides is 2.